The Balaban J connectivity index is 1.47. The average molecular weight is 397 g/mol. The van der Waals surface area contributed by atoms with Gasteiger partial charge in [-0.3, -0.25) is 14.5 Å². The number of nitrogens with zero attached hydrogens (tertiary/aromatic N) is 1. The molecule has 1 aliphatic heterocycles. The number of benzene rings is 2. The molecule has 154 valence electrons. The van der Waals surface area contributed by atoms with Gasteiger partial charge in [-0.15, -0.1) is 0 Å². The highest BCUT2D eigenvalue weighted by atomic mass is 19.1. The van der Waals surface area contributed by atoms with Gasteiger partial charge in [-0.1, -0.05) is 29.8 Å². The van der Waals surface area contributed by atoms with Crippen LogP contribution in [0, 0.1) is 12.7 Å². The molecule has 1 amide bonds. The van der Waals surface area contributed by atoms with E-state index >= 15 is 0 Å². The molecule has 1 aliphatic rings. The number of halogens is 1. The maximum absolute atomic E-state index is 12.9. The maximum atomic E-state index is 12.9. The second-order valence-electron chi connectivity index (χ2n) is 7.76. The summed E-state index contributed by atoms with van der Waals surface area (Å²) < 4.78 is 12.9. The molecule has 5 heteroatoms. The van der Waals surface area contributed by atoms with Gasteiger partial charge in [0, 0.05) is 24.9 Å². The van der Waals surface area contributed by atoms with Crippen molar-refractivity contribution in [3.63, 3.8) is 0 Å². The highest BCUT2D eigenvalue weighted by Crippen LogP contribution is 2.25. The standard InChI is InChI=1S/C24H29FN2O2/c1-18-7-9-19(10-8-18)22(27-15-2-3-16-27)17-26-24(29)6-4-5-23(28)20-11-13-21(25)14-12-20/h7-14,22H,2-6,15-17H2,1H3,(H,26,29). The largest absolute Gasteiger partial charge is 0.354 e. The predicted molar refractivity (Wildman–Crippen MR) is 112 cm³/mol. The van der Waals surface area contributed by atoms with Crippen molar-refractivity contribution in [2.24, 2.45) is 0 Å². The van der Waals surface area contributed by atoms with Crippen molar-refractivity contribution in [2.45, 2.75) is 45.1 Å². The number of likely N-dealkylation sites (tertiary alicyclic amines) is 1. The van der Waals surface area contributed by atoms with Gasteiger partial charge in [0.15, 0.2) is 5.78 Å². The van der Waals surface area contributed by atoms with Gasteiger partial charge in [0.2, 0.25) is 5.91 Å². The molecule has 0 spiro atoms. The van der Waals surface area contributed by atoms with Crippen molar-refractivity contribution in [3.8, 4) is 0 Å². The third-order valence-electron chi connectivity index (χ3n) is 5.51. The molecule has 0 aromatic heterocycles. The number of carbonyl (C=O) groups is 2. The van der Waals surface area contributed by atoms with Gasteiger partial charge >= 0.3 is 0 Å². The zero-order valence-corrected chi connectivity index (χ0v) is 17.0. The van der Waals surface area contributed by atoms with Gasteiger partial charge in [-0.2, -0.15) is 0 Å². The Morgan fingerprint density at radius 2 is 1.66 bits per heavy atom. The average Bonchev–Trinajstić information content (AvgIpc) is 3.24. The minimum atomic E-state index is -0.359. The van der Waals surface area contributed by atoms with Gasteiger partial charge in [-0.25, -0.2) is 4.39 Å². The quantitative estimate of drug-likeness (QED) is 0.638. The van der Waals surface area contributed by atoms with E-state index in [1.807, 2.05) is 0 Å². The SMILES string of the molecule is Cc1ccc(C(CNC(=O)CCCC(=O)c2ccc(F)cc2)N2CCCC2)cc1. The fourth-order valence-electron chi connectivity index (χ4n) is 3.79. The topological polar surface area (TPSA) is 49.4 Å². The number of carbonyl (C=O) groups excluding carboxylic acids is 2. The highest BCUT2D eigenvalue weighted by Gasteiger charge is 2.23. The monoisotopic (exact) mass is 396 g/mol. The van der Waals surface area contributed by atoms with Crippen molar-refractivity contribution in [1.82, 2.24) is 10.2 Å². The minimum absolute atomic E-state index is 0.0341. The first-order valence-electron chi connectivity index (χ1n) is 10.4. The molecule has 2 aromatic carbocycles. The summed E-state index contributed by atoms with van der Waals surface area (Å²) in [5, 5.41) is 3.05. The molecule has 1 fully saturated rings. The number of amides is 1. The molecule has 0 radical (unpaired) electrons. The van der Waals surface area contributed by atoms with Crippen LogP contribution in [0.2, 0.25) is 0 Å². The number of nitrogens with one attached hydrogen (secondary N) is 1. The van der Waals surface area contributed by atoms with Gasteiger partial charge in [0.1, 0.15) is 5.82 Å². The van der Waals surface area contributed by atoms with Crippen LogP contribution in [0.4, 0.5) is 4.39 Å². The van der Waals surface area contributed by atoms with Gasteiger partial charge in [0.25, 0.3) is 0 Å². The summed E-state index contributed by atoms with van der Waals surface area (Å²) in [6.07, 6.45) is 3.48. The third-order valence-corrected chi connectivity index (χ3v) is 5.51. The van der Waals surface area contributed by atoms with Crippen LogP contribution in [-0.2, 0) is 4.79 Å². The lowest BCUT2D eigenvalue weighted by Crippen LogP contribution is -2.36. The number of Topliss-reactive ketones (excluding diaryl/α,β-unsaturated/α-hetero) is 1. The van der Waals surface area contributed by atoms with Crippen LogP contribution in [-0.4, -0.2) is 36.2 Å². The molecule has 1 N–H and O–H groups in total. The van der Waals surface area contributed by atoms with Crippen molar-refractivity contribution in [2.75, 3.05) is 19.6 Å². The molecule has 0 aliphatic carbocycles. The summed E-state index contributed by atoms with van der Waals surface area (Å²) in [5.41, 5.74) is 2.94. The second kappa shape index (κ2) is 10.3. The molecule has 1 unspecified atom stereocenters. The van der Waals surface area contributed by atoms with Crippen molar-refractivity contribution in [3.05, 3.63) is 71.0 Å². The summed E-state index contributed by atoms with van der Waals surface area (Å²) in [6.45, 7) is 4.76. The Labute approximate surface area is 172 Å². The van der Waals surface area contributed by atoms with E-state index in [4.69, 9.17) is 0 Å². The van der Waals surface area contributed by atoms with E-state index in [1.165, 1.54) is 48.2 Å². The highest BCUT2D eigenvalue weighted by molar-refractivity contribution is 5.96. The van der Waals surface area contributed by atoms with E-state index in [0.717, 1.165) is 13.1 Å². The first-order valence-corrected chi connectivity index (χ1v) is 10.4. The summed E-state index contributed by atoms with van der Waals surface area (Å²) >= 11 is 0. The molecule has 3 rings (SSSR count). The zero-order valence-electron chi connectivity index (χ0n) is 17.0. The molecule has 29 heavy (non-hydrogen) atoms. The lowest BCUT2D eigenvalue weighted by atomic mass is 10.0. The Hall–Kier alpha value is -2.53. The lowest BCUT2D eigenvalue weighted by Gasteiger charge is -2.28. The first kappa shape index (κ1) is 21.2. The number of hydrogen-bond donors (Lipinski definition) is 1. The molecule has 1 heterocycles. The van der Waals surface area contributed by atoms with Crippen LogP contribution in [0.15, 0.2) is 48.5 Å². The fraction of sp³-hybridized carbons (Fsp3) is 0.417. The smallest absolute Gasteiger partial charge is 0.220 e. The summed E-state index contributed by atoms with van der Waals surface area (Å²) in [6, 6.07) is 14.2. The van der Waals surface area contributed by atoms with Gasteiger partial charge in [-0.05, 0) is 69.1 Å². The van der Waals surface area contributed by atoms with Crippen molar-refractivity contribution in [1.29, 1.82) is 0 Å². The van der Waals surface area contributed by atoms with E-state index < -0.39 is 0 Å². The Bertz CT molecular complexity index is 812. The molecule has 0 bridgehead atoms. The Morgan fingerprint density at radius 3 is 2.31 bits per heavy atom. The third kappa shape index (κ3) is 6.23. The van der Waals surface area contributed by atoms with Crippen LogP contribution < -0.4 is 5.32 Å². The fourth-order valence-corrected chi connectivity index (χ4v) is 3.79. The van der Waals surface area contributed by atoms with Crippen LogP contribution in [0.1, 0.15) is 59.6 Å². The molecule has 1 atom stereocenters. The normalized spacial score (nSPS) is 15.2. The Kier molecular flexibility index (Phi) is 7.53. The summed E-state index contributed by atoms with van der Waals surface area (Å²) in [5.74, 6) is -0.456. The number of ketones is 1. The van der Waals surface area contributed by atoms with Gasteiger partial charge in [0.05, 0.1) is 6.04 Å². The lowest BCUT2D eigenvalue weighted by molar-refractivity contribution is -0.121. The zero-order chi connectivity index (χ0) is 20.6. The van der Waals surface area contributed by atoms with Crippen LogP contribution in [0.3, 0.4) is 0 Å². The van der Waals surface area contributed by atoms with E-state index in [1.54, 1.807) is 0 Å². The summed E-state index contributed by atoms with van der Waals surface area (Å²) in [7, 11) is 0. The summed E-state index contributed by atoms with van der Waals surface area (Å²) in [4.78, 5) is 26.9. The van der Waals surface area contributed by atoms with Crippen molar-refractivity contribution < 1.29 is 14.0 Å². The van der Waals surface area contributed by atoms with E-state index in [0.29, 0.717) is 24.9 Å². The molecule has 0 saturated carbocycles. The molecular weight excluding hydrogens is 367 g/mol. The minimum Gasteiger partial charge on any atom is -0.354 e. The van der Waals surface area contributed by atoms with Gasteiger partial charge < -0.3 is 5.32 Å². The number of aryl methyl sites for hydroxylation is 1. The molecule has 2 aromatic rings. The van der Waals surface area contributed by atoms with E-state index in [-0.39, 0.29) is 30.0 Å². The predicted octanol–water partition coefficient (Wildman–Crippen LogP) is 4.44. The van der Waals surface area contributed by atoms with E-state index in [2.05, 4.69) is 41.4 Å². The van der Waals surface area contributed by atoms with Crippen molar-refractivity contribution >= 4 is 11.7 Å². The maximum Gasteiger partial charge on any atom is 0.220 e. The van der Waals surface area contributed by atoms with E-state index in [9.17, 15) is 14.0 Å². The van der Waals surface area contributed by atoms with Crippen LogP contribution >= 0.6 is 0 Å². The van der Waals surface area contributed by atoms with Crippen LogP contribution in [0.5, 0.6) is 0 Å². The second-order valence-corrected chi connectivity index (χ2v) is 7.76. The number of hydrogen-bond acceptors (Lipinski definition) is 3. The van der Waals surface area contributed by atoms with Crippen LogP contribution in [0.25, 0.3) is 0 Å². The Morgan fingerprint density at radius 1 is 1.00 bits per heavy atom. The molecular formula is C24H29FN2O2. The first-order chi connectivity index (χ1) is 14.0. The molecule has 1 saturated heterocycles. The molecule has 4 nitrogen and oxygen atoms in total. The number of rotatable bonds is 9.